The number of carbonyl (C=O) groups is 3. The van der Waals surface area contributed by atoms with Gasteiger partial charge in [0.15, 0.2) is 5.82 Å². The number of rotatable bonds is 16. The summed E-state index contributed by atoms with van der Waals surface area (Å²) in [6, 6.07) is 10.2. The molecule has 0 saturated carbocycles. The van der Waals surface area contributed by atoms with Crippen LogP contribution in [0.1, 0.15) is 80.7 Å². The van der Waals surface area contributed by atoms with Gasteiger partial charge in [-0.15, -0.1) is 0 Å². The summed E-state index contributed by atoms with van der Waals surface area (Å²) in [5.74, 6) is -0.0463. The number of aromatic amines is 1. The van der Waals surface area contributed by atoms with Gasteiger partial charge in [0.2, 0.25) is 0 Å². The van der Waals surface area contributed by atoms with Gasteiger partial charge in [0, 0.05) is 36.3 Å². The number of aryl methyl sites for hydroxylation is 1. The maximum absolute atomic E-state index is 14.5. The molecule has 0 spiro atoms. The van der Waals surface area contributed by atoms with Crippen LogP contribution >= 0.6 is 11.6 Å². The van der Waals surface area contributed by atoms with Crippen LogP contribution in [0.5, 0.6) is 0 Å². The SMILES string of the molecule is CCC(C=O)CCNC.CNc1ccc(-c2cnc(C(CCCC(C)C(C)=O)NC(=O)c3cnn(-c4cccc(Cl)c4F)c3)[nH]2)c(C)c1. The first-order valence-corrected chi connectivity index (χ1v) is 16.6. The lowest BCUT2D eigenvalue weighted by Crippen LogP contribution is -2.29. The zero-order valence-corrected chi connectivity index (χ0v) is 29.3. The summed E-state index contributed by atoms with van der Waals surface area (Å²) in [5.41, 5.74) is 4.35. The van der Waals surface area contributed by atoms with Crippen molar-refractivity contribution in [2.45, 2.75) is 65.8 Å². The van der Waals surface area contributed by atoms with E-state index in [4.69, 9.17) is 11.6 Å². The predicted molar refractivity (Wildman–Crippen MR) is 189 cm³/mol. The minimum atomic E-state index is -0.618. The van der Waals surface area contributed by atoms with E-state index in [2.05, 4.69) is 37.1 Å². The van der Waals surface area contributed by atoms with Gasteiger partial charge in [0.1, 0.15) is 23.6 Å². The van der Waals surface area contributed by atoms with E-state index >= 15 is 0 Å². The molecule has 0 aliphatic carbocycles. The Labute approximate surface area is 287 Å². The number of benzene rings is 2. The van der Waals surface area contributed by atoms with Gasteiger partial charge in [-0.2, -0.15) is 5.10 Å². The van der Waals surface area contributed by atoms with Crippen LogP contribution in [0.15, 0.2) is 55.0 Å². The van der Waals surface area contributed by atoms with Gasteiger partial charge >= 0.3 is 0 Å². The fourth-order valence-corrected chi connectivity index (χ4v) is 5.23. The second kappa shape index (κ2) is 18.8. The monoisotopic (exact) mass is 679 g/mol. The van der Waals surface area contributed by atoms with Crippen LogP contribution < -0.4 is 16.0 Å². The number of halogens is 2. The van der Waals surface area contributed by atoms with Crippen molar-refractivity contribution in [1.82, 2.24) is 30.4 Å². The zero-order chi connectivity index (χ0) is 35.2. The zero-order valence-electron chi connectivity index (χ0n) is 28.6. The normalized spacial score (nSPS) is 12.8. The van der Waals surface area contributed by atoms with Crippen molar-refractivity contribution >= 4 is 35.3 Å². The van der Waals surface area contributed by atoms with Gasteiger partial charge in [-0.05, 0) is 83.0 Å². The summed E-state index contributed by atoms with van der Waals surface area (Å²) in [4.78, 5) is 43.1. The second-order valence-electron chi connectivity index (χ2n) is 11.9. The first kappa shape index (κ1) is 38.1. The molecule has 48 heavy (non-hydrogen) atoms. The third-order valence-electron chi connectivity index (χ3n) is 8.36. The maximum Gasteiger partial charge on any atom is 0.255 e. The molecule has 1 amide bonds. The van der Waals surface area contributed by atoms with Crippen LogP contribution in [-0.2, 0) is 9.59 Å². The molecule has 0 radical (unpaired) electrons. The van der Waals surface area contributed by atoms with Crippen molar-refractivity contribution in [1.29, 1.82) is 0 Å². The van der Waals surface area contributed by atoms with Gasteiger partial charge in [-0.25, -0.2) is 14.1 Å². The molecule has 0 aliphatic heterocycles. The maximum atomic E-state index is 14.5. The molecular formula is C36H47ClFN7O3. The third-order valence-corrected chi connectivity index (χ3v) is 8.66. The first-order chi connectivity index (χ1) is 23.0. The molecule has 258 valence electrons. The molecule has 2 aromatic heterocycles. The molecule has 4 rings (SSSR count). The summed E-state index contributed by atoms with van der Waals surface area (Å²) in [5, 5.41) is 13.3. The average molecular weight is 680 g/mol. The highest BCUT2D eigenvalue weighted by Crippen LogP contribution is 2.28. The van der Waals surface area contributed by atoms with Gasteiger partial charge in [0.25, 0.3) is 5.91 Å². The Kier molecular flexibility index (Phi) is 15.0. The molecule has 3 atom stereocenters. The van der Waals surface area contributed by atoms with Crippen molar-refractivity contribution in [3.8, 4) is 16.9 Å². The number of nitrogens with one attached hydrogen (secondary N) is 4. The minimum Gasteiger partial charge on any atom is -0.388 e. The van der Waals surface area contributed by atoms with Crippen LogP contribution in [0.4, 0.5) is 10.1 Å². The Hall–Kier alpha value is -4.35. The number of carbonyl (C=O) groups excluding carboxylic acids is 3. The summed E-state index contributed by atoms with van der Waals surface area (Å²) >= 11 is 5.90. The highest BCUT2D eigenvalue weighted by molar-refractivity contribution is 6.30. The molecule has 4 N–H and O–H groups in total. The Morgan fingerprint density at radius 1 is 1.12 bits per heavy atom. The lowest BCUT2D eigenvalue weighted by molar-refractivity contribution is -0.120. The molecule has 0 aliphatic rings. The quantitative estimate of drug-likeness (QED) is 0.0929. The van der Waals surface area contributed by atoms with E-state index in [0.29, 0.717) is 25.1 Å². The number of aromatic nitrogens is 4. The van der Waals surface area contributed by atoms with Crippen LogP contribution in [-0.4, -0.2) is 58.4 Å². The molecule has 3 unspecified atom stereocenters. The lowest BCUT2D eigenvalue weighted by atomic mass is 9.98. The number of Topliss-reactive ketones (excluding diaryl/α,β-unsaturated/α-hetero) is 1. The van der Waals surface area contributed by atoms with Crippen LogP contribution in [0.3, 0.4) is 0 Å². The first-order valence-electron chi connectivity index (χ1n) is 16.3. The van der Waals surface area contributed by atoms with Crippen molar-refractivity contribution in [2.24, 2.45) is 11.8 Å². The number of ketones is 1. The smallest absolute Gasteiger partial charge is 0.255 e. The van der Waals surface area contributed by atoms with Gasteiger partial charge < -0.3 is 25.7 Å². The number of anilines is 1. The number of hydrogen-bond donors (Lipinski definition) is 4. The molecule has 4 aromatic rings. The fraction of sp³-hybridized carbons (Fsp3) is 0.417. The molecule has 12 heteroatoms. The van der Waals surface area contributed by atoms with Crippen molar-refractivity contribution < 1.29 is 18.8 Å². The van der Waals surface area contributed by atoms with E-state index in [-0.39, 0.29) is 39.8 Å². The van der Waals surface area contributed by atoms with Crippen molar-refractivity contribution in [3.63, 3.8) is 0 Å². The highest BCUT2D eigenvalue weighted by Gasteiger charge is 2.22. The Morgan fingerprint density at radius 2 is 1.90 bits per heavy atom. The van der Waals surface area contributed by atoms with Crippen LogP contribution in [0.25, 0.3) is 16.9 Å². The summed E-state index contributed by atoms with van der Waals surface area (Å²) in [6.45, 7) is 8.50. The van der Waals surface area contributed by atoms with Gasteiger partial charge in [0.05, 0.1) is 34.7 Å². The Balaban J connectivity index is 0.000000609. The van der Waals surface area contributed by atoms with Gasteiger partial charge in [-0.3, -0.25) is 9.59 Å². The minimum absolute atomic E-state index is 0.0293. The van der Waals surface area contributed by atoms with E-state index in [1.807, 2.05) is 47.0 Å². The van der Waals surface area contributed by atoms with E-state index in [0.717, 1.165) is 48.2 Å². The summed E-state index contributed by atoms with van der Waals surface area (Å²) in [7, 11) is 3.77. The lowest BCUT2D eigenvalue weighted by Gasteiger charge is -2.17. The van der Waals surface area contributed by atoms with Crippen molar-refractivity contribution in [3.05, 3.63) is 82.8 Å². The second-order valence-corrected chi connectivity index (χ2v) is 12.3. The average Bonchev–Trinajstić information content (AvgIpc) is 3.77. The molecule has 0 saturated heterocycles. The predicted octanol–water partition coefficient (Wildman–Crippen LogP) is 7.09. The summed E-state index contributed by atoms with van der Waals surface area (Å²) < 4.78 is 15.8. The van der Waals surface area contributed by atoms with Crippen LogP contribution in [0, 0.1) is 24.6 Å². The fourth-order valence-electron chi connectivity index (χ4n) is 5.06. The van der Waals surface area contributed by atoms with Crippen molar-refractivity contribution in [2.75, 3.05) is 26.0 Å². The molecule has 0 bridgehead atoms. The number of nitrogens with zero attached hydrogens (tertiary/aromatic N) is 3. The number of H-pyrrole nitrogens is 1. The topological polar surface area (TPSA) is 134 Å². The standard InChI is InChI=1S/C29H32ClFN6O2.C7H15NO/c1-17(19(3)38)7-5-9-24(28-33-15-25(35-28)22-12-11-21(32-4)13-18(22)2)36-29(39)20-14-34-37(16-20)26-10-6-8-23(30)27(26)31;1-3-7(6-9)4-5-8-2/h6,8,10-17,24,32H,5,7,9H2,1-4H3,(H,33,35)(H,36,39);6-8H,3-5H2,1-2H3. The Morgan fingerprint density at radius 3 is 2.54 bits per heavy atom. The summed E-state index contributed by atoms with van der Waals surface area (Å²) in [6.07, 6.45) is 9.55. The van der Waals surface area contributed by atoms with E-state index in [1.165, 1.54) is 29.2 Å². The number of imidazole rings is 1. The van der Waals surface area contributed by atoms with E-state index < -0.39 is 11.9 Å². The molecule has 10 nitrogen and oxygen atoms in total. The molecule has 2 heterocycles. The third kappa shape index (κ3) is 10.6. The van der Waals surface area contributed by atoms with Gasteiger partial charge in [-0.1, -0.05) is 44.0 Å². The number of amides is 1. The van der Waals surface area contributed by atoms with E-state index in [9.17, 15) is 18.8 Å². The molecular weight excluding hydrogens is 633 g/mol. The van der Waals surface area contributed by atoms with Crippen LogP contribution in [0.2, 0.25) is 5.02 Å². The number of aldehydes is 1. The molecule has 0 fully saturated rings. The number of hydrogen-bond acceptors (Lipinski definition) is 7. The Bertz CT molecular complexity index is 1650. The molecule has 2 aromatic carbocycles. The largest absolute Gasteiger partial charge is 0.388 e. The highest BCUT2D eigenvalue weighted by atomic mass is 35.5. The van der Waals surface area contributed by atoms with E-state index in [1.54, 1.807) is 19.2 Å².